The highest BCUT2D eigenvalue weighted by Crippen LogP contribution is 2.32. The van der Waals surface area contributed by atoms with Crippen molar-refractivity contribution in [3.8, 4) is 11.5 Å². The molecule has 1 aromatic heterocycles. The lowest BCUT2D eigenvalue weighted by atomic mass is 10.2. The molecule has 1 aliphatic rings. The molecule has 7 nitrogen and oxygen atoms in total. The van der Waals surface area contributed by atoms with Crippen LogP contribution in [0.1, 0.15) is 18.4 Å². The molecule has 24 heavy (non-hydrogen) atoms. The topological polar surface area (TPSA) is 86.7 Å². The van der Waals surface area contributed by atoms with E-state index in [1.165, 1.54) is 5.56 Å². The van der Waals surface area contributed by atoms with Crippen LogP contribution in [0, 0.1) is 0 Å². The van der Waals surface area contributed by atoms with Crippen molar-refractivity contribution < 1.29 is 9.47 Å². The Hall–Kier alpha value is -2.70. The number of ether oxygens (including phenoxy) is 2. The van der Waals surface area contributed by atoms with E-state index in [1.54, 1.807) is 4.68 Å². The number of rotatable bonds is 5. The number of hydrogen-bond donors (Lipinski definition) is 2. The first-order valence-corrected chi connectivity index (χ1v) is 8.15. The van der Waals surface area contributed by atoms with Crippen molar-refractivity contribution in [2.24, 2.45) is 17.8 Å². The third kappa shape index (κ3) is 4.41. The number of aliphatic imine (C=N–C) groups is 1. The number of anilines is 1. The molecular formula is C17H23N5O2. The van der Waals surface area contributed by atoms with Crippen LogP contribution in [0.5, 0.6) is 11.5 Å². The van der Waals surface area contributed by atoms with Crippen LogP contribution >= 0.6 is 0 Å². The van der Waals surface area contributed by atoms with Crippen LogP contribution in [0.15, 0.2) is 35.6 Å². The second-order valence-corrected chi connectivity index (χ2v) is 5.73. The number of aryl methyl sites for hydroxylation is 2. The van der Waals surface area contributed by atoms with E-state index in [2.05, 4.69) is 15.4 Å². The van der Waals surface area contributed by atoms with Crippen LogP contribution in [0.25, 0.3) is 0 Å². The molecule has 0 amide bonds. The highest BCUT2D eigenvalue weighted by atomic mass is 16.5. The second kappa shape index (κ2) is 7.72. The summed E-state index contributed by atoms with van der Waals surface area (Å²) in [7, 11) is 1.92. The standard InChI is InChI=1S/C17H23N5O2/c1-22-12-13(11-20-22)4-2-7-19-17(18)21-14-5-6-15-16(10-14)24-9-3-8-23-15/h5-6,10-12H,2-4,7-9H2,1H3,(H3,18,19,21). The lowest BCUT2D eigenvalue weighted by molar-refractivity contribution is 0.297. The molecule has 0 unspecified atom stereocenters. The lowest BCUT2D eigenvalue weighted by Gasteiger charge is -2.10. The van der Waals surface area contributed by atoms with E-state index in [0.29, 0.717) is 25.7 Å². The Kier molecular flexibility index (Phi) is 5.20. The van der Waals surface area contributed by atoms with Gasteiger partial charge in [0.05, 0.1) is 19.4 Å². The Morgan fingerprint density at radius 1 is 1.33 bits per heavy atom. The van der Waals surface area contributed by atoms with Gasteiger partial charge in [0.2, 0.25) is 0 Å². The number of nitrogens with two attached hydrogens (primary N) is 1. The summed E-state index contributed by atoms with van der Waals surface area (Å²) in [5, 5.41) is 7.24. The zero-order chi connectivity index (χ0) is 16.8. The number of hydrogen-bond acceptors (Lipinski definition) is 4. The Morgan fingerprint density at radius 3 is 2.96 bits per heavy atom. The smallest absolute Gasteiger partial charge is 0.193 e. The Labute approximate surface area is 141 Å². The highest BCUT2D eigenvalue weighted by molar-refractivity contribution is 5.92. The lowest BCUT2D eigenvalue weighted by Crippen LogP contribution is -2.22. The van der Waals surface area contributed by atoms with Crippen molar-refractivity contribution in [2.75, 3.05) is 25.1 Å². The number of benzene rings is 1. The molecule has 0 saturated carbocycles. The zero-order valence-corrected chi connectivity index (χ0v) is 13.9. The SMILES string of the molecule is Cn1cc(CCCN=C(N)Nc2ccc3c(c2)OCCCO3)cn1. The summed E-state index contributed by atoms with van der Waals surface area (Å²) in [4.78, 5) is 4.36. The first-order valence-electron chi connectivity index (χ1n) is 8.15. The summed E-state index contributed by atoms with van der Waals surface area (Å²) in [6.07, 6.45) is 6.65. The molecule has 2 aromatic rings. The fourth-order valence-corrected chi connectivity index (χ4v) is 2.51. The van der Waals surface area contributed by atoms with E-state index in [1.807, 2.05) is 37.6 Å². The van der Waals surface area contributed by atoms with E-state index in [4.69, 9.17) is 15.2 Å². The minimum atomic E-state index is 0.399. The Morgan fingerprint density at radius 2 is 2.17 bits per heavy atom. The fraction of sp³-hybridized carbons (Fsp3) is 0.412. The number of aromatic nitrogens is 2. The van der Waals surface area contributed by atoms with Crippen LogP contribution in [0.3, 0.4) is 0 Å². The average molecular weight is 329 g/mol. The largest absolute Gasteiger partial charge is 0.490 e. The molecule has 0 saturated heterocycles. The molecule has 3 N–H and O–H groups in total. The van der Waals surface area contributed by atoms with E-state index in [-0.39, 0.29) is 0 Å². The molecule has 1 aliphatic heterocycles. The van der Waals surface area contributed by atoms with Gasteiger partial charge in [0.25, 0.3) is 0 Å². The monoisotopic (exact) mass is 329 g/mol. The van der Waals surface area contributed by atoms with Gasteiger partial charge in [0.1, 0.15) is 0 Å². The number of guanidine groups is 1. The van der Waals surface area contributed by atoms with Gasteiger partial charge in [-0.3, -0.25) is 9.67 Å². The fourth-order valence-electron chi connectivity index (χ4n) is 2.51. The van der Waals surface area contributed by atoms with Gasteiger partial charge >= 0.3 is 0 Å². The van der Waals surface area contributed by atoms with E-state index < -0.39 is 0 Å². The molecular weight excluding hydrogens is 306 g/mol. The first kappa shape index (κ1) is 16.2. The molecule has 7 heteroatoms. The van der Waals surface area contributed by atoms with Gasteiger partial charge < -0.3 is 20.5 Å². The number of nitrogens with one attached hydrogen (secondary N) is 1. The van der Waals surface area contributed by atoms with E-state index in [0.717, 1.165) is 36.4 Å². The van der Waals surface area contributed by atoms with E-state index >= 15 is 0 Å². The molecule has 0 bridgehead atoms. The maximum atomic E-state index is 5.95. The summed E-state index contributed by atoms with van der Waals surface area (Å²) in [5.74, 6) is 1.91. The average Bonchev–Trinajstić information content (AvgIpc) is 2.84. The third-order valence-corrected chi connectivity index (χ3v) is 3.68. The molecule has 0 spiro atoms. The molecule has 0 atom stereocenters. The predicted octanol–water partition coefficient (Wildman–Crippen LogP) is 1.94. The minimum absolute atomic E-state index is 0.399. The quantitative estimate of drug-likeness (QED) is 0.497. The Bertz CT molecular complexity index is 711. The van der Waals surface area contributed by atoms with Crippen molar-refractivity contribution in [3.63, 3.8) is 0 Å². The molecule has 0 radical (unpaired) electrons. The van der Waals surface area contributed by atoms with Crippen molar-refractivity contribution in [1.82, 2.24) is 9.78 Å². The van der Waals surface area contributed by atoms with Gasteiger partial charge in [-0.15, -0.1) is 0 Å². The molecule has 128 valence electrons. The zero-order valence-electron chi connectivity index (χ0n) is 13.9. The third-order valence-electron chi connectivity index (χ3n) is 3.68. The van der Waals surface area contributed by atoms with Crippen LogP contribution in [-0.4, -0.2) is 35.5 Å². The molecule has 0 aliphatic carbocycles. The summed E-state index contributed by atoms with van der Waals surface area (Å²) in [5.41, 5.74) is 8.00. The van der Waals surface area contributed by atoms with Gasteiger partial charge in [-0.2, -0.15) is 5.10 Å². The predicted molar refractivity (Wildman–Crippen MR) is 93.7 cm³/mol. The van der Waals surface area contributed by atoms with Crippen LogP contribution in [0.2, 0.25) is 0 Å². The normalized spacial score (nSPS) is 14.3. The summed E-state index contributed by atoms with van der Waals surface area (Å²) >= 11 is 0. The highest BCUT2D eigenvalue weighted by Gasteiger charge is 2.10. The van der Waals surface area contributed by atoms with Crippen LogP contribution < -0.4 is 20.5 Å². The van der Waals surface area contributed by atoms with Gasteiger partial charge in [-0.25, -0.2) is 0 Å². The number of fused-ring (bicyclic) bond motifs is 1. The number of nitrogens with zero attached hydrogens (tertiary/aromatic N) is 3. The van der Waals surface area contributed by atoms with Gasteiger partial charge in [0, 0.05) is 38.0 Å². The molecule has 0 fully saturated rings. The summed E-state index contributed by atoms with van der Waals surface area (Å²) in [6, 6.07) is 5.68. The second-order valence-electron chi connectivity index (χ2n) is 5.73. The van der Waals surface area contributed by atoms with Crippen molar-refractivity contribution in [3.05, 3.63) is 36.2 Å². The molecule has 3 rings (SSSR count). The summed E-state index contributed by atoms with van der Waals surface area (Å²) in [6.45, 7) is 2.01. The maximum absolute atomic E-state index is 5.95. The van der Waals surface area contributed by atoms with Gasteiger partial charge in [-0.05, 0) is 30.5 Å². The summed E-state index contributed by atoms with van der Waals surface area (Å²) < 4.78 is 13.1. The van der Waals surface area contributed by atoms with Crippen molar-refractivity contribution in [2.45, 2.75) is 19.3 Å². The van der Waals surface area contributed by atoms with Gasteiger partial charge in [0.15, 0.2) is 17.5 Å². The molecule has 2 heterocycles. The van der Waals surface area contributed by atoms with Crippen molar-refractivity contribution >= 4 is 11.6 Å². The Balaban J connectivity index is 1.50. The van der Waals surface area contributed by atoms with Crippen LogP contribution in [-0.2, 0) is 13.5 Å². The first-order chi connectivity index (χ1) is 11.7. The van der Waals surface area contributed by atoms with E-state index in [9.17, 15) is 0 Å². The van der Waals surface area contributed by atoms with Crippen LogP contribution in [0.4, 0.5) is 5.69 Å². The maximum Gasteiger partial charge on any atom is 0.193 e. The van der Waals surface area contributed by atoms with Gasteiger partial charge in [-0.1, -0.05) is 0 Å². The minimum Gasteiger partial charge on any atom is -0.490 e. The molecule has 1 aromatic carbocycles. The van der Waals surface area contributed by atoms with Crippen molar-refractivity contribution in [1.29, 1.82) is 0 Å².